The summed E-state index contributed by atoms with van der Waals surface area (Å²) in [6.07, 6.45) is 3.41. The number of benzene rings is 1. The number of carboxylic acids is 1. The van der Waals surface area contributed by atoms with Crippen molar-refractivity contribution in [2.24, 2.45) is 11.3 Å². The molecule has 0 spiro atoms. The van der Waals surface area contributed by atoms with Crippen LogP contribution < -0.4 is 10.2 Å². The number of urea groups is 1. The van der Waals surface area contributed by atoms with Crippen LogP contribution in [0.4, 0.5) is 10.5 Å². The molecule has 2 N–H and O–H groups in total. The number of rotatable bonds is 6. The Hall–Kier alpha value is -2.24. The van der Waals surface area contributed by atoms with Crippen molar-refractivity contribution in [3.63, 3.8) is 0 Å². The molecule has 2 atom stereocenters. The summed E-state index contributed by atoms with van der Waals surface area (Å²) in [5.41, 5.74) is 0.454. The molecule has 0 aromatic heterocycles. The average Bonchev–Trinajstić information content (AvgIpc) is 3.17. The van der Waals surface area contributed by atoms with E-state index in [1.54, 1.807) is 4.90 Å². The average molecular weight is 345 g/mol. The van der Waals surface area contributed by atoms with Gasteiger partial charge in [-0.15, -0.1) is 0 Å². The Morgan fingerprint density at radius 2 is 2.12 bits per heavy atom. The molecule has 0 unspecified atom stereocenters. The Morgan fingerprint density at radius 3 is 2.80 bits per heavy atom. The molecule has 2 fully saturated rings. The van der Waals surface area contributed by atoms with Gasteiger partial charge in [-0.25, -0.2) is 4.79 Å². The maximum absolute atomic E-state index is 12.4. The lowest BCUT2D eigenvalue weighted by Crippen LogP contribution is -2.42. The van der Waals surface area contributed by atoms with E-state index < -0.39 is 11.4 Å². The molecule has 6 nitrogen and oxygen atoms in total. The molecule has 1 aliphatic carbocycles. The van der Waals surface area contributed by atoms with Crippen LogP contribution in [0.15, 0.2) is 30.3 Å². The van der Waals surface area contributed by atoms with E-state index in [1.807, 2.05) is 25.2 Å². The van der Waals surface area contributed by atoms with E-state index in [0.717, 1.165) is 31.5 Å². The van der Waals surface area contributed by atoms with Gasteiger partial charge < -0.3 is 20.2 Å². The minimum Gasteiger partial charge on any atom is -0.481 e. The molecule has 1 saturated carbocycles. The fourth-order valence-electron chi connectivity index (χ4n) is 4.23. The molecule has 1 aromatic carbocycles. The lowest BCUT2D eigenvalue weighted by atomic mass is 9.81. The third-order valence-corrected chi connectivity index (χ3v) is 5.73. The second kappa shape index (κ2) is 7.33. The normalized spacial score (nSPS) is 24.8. The first kappa shape index (κ1) is 17.6. The van der Waals surface area contributed by atoms with E-state index in [9.17, 15) is 14.7 Å². The Labute approximate surface area is 148 Å². The third kappa shape index (κ3) is 3.57. The maximum atomic E-state index is 12.4. The van der Waals surface area contributed by atoms with Crippen molar-refractivity contribution in [3.05, 3.63) is 30.3 Å². The molecule has 6 heteroatoms. The van der Waals surface area contributed by atoms with Crippen molar-refractivity contribution in [2.75, 3.05) is 38.1 Å². The summed E-state index contributed by atoms with van der Waals surface area (Å²) in [7, 11) is 2.04. The molecule has 0 radical (unpaired) electrons. The molecule has 0 bridgehead atoms. The number of hydrogen-bond donors (Lipinski definition) is 2. The molecule has 1 aliphatic heterocycles. The molecule has 136 valence electrons. The van der Waals surface area contributed by atoms with Crippen LogP contribution in [0.1, 0.15) is 25.7 Å². The third-order valence-electron chi connectivity index (χ3n) is 5.73. The van der Waals surface area contributed by atoms with Crippen LogP contribution in [0, 0.1) is 11.3 Å². The summed E-state index contributed by atoms with van der Waals surface area (Å²) in [6, 6.07) is 10.0. The maximum Gasteiger partial charge on any atom is 0.317 e. The predicted molar refractivity (Wildman–Crippen MR) is 96.7 cm³/mol. The van der Waals surface area contributed by atoms with Gasteiger partial charge in [-0.3, -0.25) is 4.79 Å². The van der Waals surface area contributed by atoms with Crippen LogP contribution >= 0.6 is 0 Å². The van der Waals surface area contributed by atoms with Gasteiger partial charge in [0.2, 0.25) is 0 Å². The van der Waals surface area contributed by atoms with Gasteiger partial charge in [0, 0.05) is 38.9 Å². The summed E-state index contributed by atoms with van der Waals surface area (Å²) in [5.74, 6) is -0.630. The van der Waals surface area contributed by atoms with Crippen LogP contribution in [0.2, 0.25) is 0 Å². The largest absolute Gasteiger partial charge is 0.481 e. The van der Waals surface area contributed by atoms with Gasteiger partial charge in [0.1, 0.15) is 0 Å². The van der Waals surface area contributed by atoms with Crippen LogP contribution in [0.25, 0.3) is 0 Å². The van der Waals surface area contributed by atoms with E-state index in [4.69, 9.17) is 0 Å². The topological polar surface area (TPSA) is 72.9 Å². The number of carbonyl (C=O) groups is 2. The molecule has 3 rings (SSSR count). The molecule has 2 aliphatic rings. The van der Waals surface area contributed by atoms with Crippen LogP contribution in [0.5, 0.6) is 0 Å². The highest BCUT2D eigenvalue weighted by molar-refractivity contribution is 5.80. The minimum absolute atomic E-state index is 0.111. The highest BCUT2D eigenvalue weighted by Crippen LogP contribution is 2.48. The van der Waals surface area contributed by atoms with Crippen LogP contribution in [-0.2, 0) is 4.79 Å². The number of aliphatic carboxylic acids is 1. The first-order valence-electron chi connectivity index (χ1n) is 9.05. The van der Waals surface area contributed by atoms with Crippen molar-refractivity contribution in [2.45, 2.75) is 25.7 Å². The van der Waals surface area contributed by atoms with Crippen LogP contribution in [-0.4, -0.2) is 55.2 Å². The first-order chi connectivity index (χ1) is 12.0. The molecule has 2 amide bonds. The number of nitrogens with one attached hydrogen (secondary N) is 1. The standard InChI is InChI=1S/C19H27N3O3/c1-21(16-8-3-2-4-9-16)12-6-11-20-18(25)22-13-15-7-5-10-19(15,14-22)17(23)24/h2-4,8-9,15H,5-7,10-14H2,1H3,(H,20,25)(H,23,24)/t15-,19+/m0/s1. The SMILES string of the molecule is CN(CCCNC(=O)N1C[C@@H]2CCC[C@@]2(C(=O)O)C1)c1ccccc1. The first-order valence-corrected chi connectivity index (χ1v) is 9.05. The van der Waals surface area contributed by atoms with Gasteiger partial charge in [-0.05, 0) is 37.3 Å². The van der Waals surface area contributed by atoms with Crippen molar-refractivity contribution in [1.29, 1.82) is 0 Å². The molecule has 25 heavy (non-hydrogen) atoms. The second-order valence-electron chi connectivity index (χ2n) is 7.27. The van der Waals surface area contributed by atoms with E-state index in [0.29, 0.717) is 26.1 Å². The number of para-hydroxylation sites is 1. The van der Waals surface area contributed by atoms with Gasteiger partial charge in [-0.2, -0.15) is 0 Å². The number of hydrogen-bond acceptors (Lipinski definition) is 3. The quantitative estimate of drug-likeness (QED) is 0.777. The Bertz CT molecular complexity index is 622. The second-order valence-corrected chi connectivity index (χ2v) is 7.27. The number of nitrogens with zero attached hydrogens (tertiary/aromatic N) is 2. The van der Waals surface area contributed by atoms with Gasteiger partial charge in [-0.1, -0.05) is 24.6 Å². The summed E-state index contributed by atoms with van der Waals surface area (Å²) >= 11 is 0. The summed E-state index contributed by atoms with van der Waals surface area (Å²) < 4.78 is 0. The predicted octanol–water partition coefficient (Wildman–Crippen LogP) is 2.41. The van der Waals surface area contributed by atoms with Gasteiger partial charge in [0.15, 0.2) is 0 Å². The van der Waals surface area contributed by atoms with Gasteiger partial charge in [0.05, 0.1) is 5.41 Å². The summed E-state index contributed by atoms with van der Waals surface area (Å²) in [4.78, 5) is 27.9. The van der Waals surface area contributed by atoms with Crippen molar-refractivity contribution >= 4 is 17.7 Å². The number of carbonyl (C=O) groups excluding carboxylic acids is 1. The Kier molecular flexibility index (Phi) is 5.16. The zero-order valence-corrected chi connectivity index (χ0v) is 14.8. The number of carboxylic acid groups (broad SMARTS) is 1. The van der Waals surface area contributed by atoms with Crippen molar-refractivity contribution in [1.82, 2.24) is 10.2 Å². The lowest BCUT2D eigenvalue weighted by Gasteiger charge is -2.23. The van der Waals surface area contributed by atoms with Gasteiger partial charge >= 0.3 is 12.0 Å². The fraction of sp³-hybridized carbons (Fsp3) is 0.579. The van der Waals surface area contributed by atoms with E-state index >= 15 is 0 Å². The van der Waals surface area contributed by atoms with Crippen molar-refractivity contribution < 1.29 is 14.7 Å². The van der Waals surface area contributed by atoms with Gasteiger partial charge in [0.25, 0.3) is 0 Å². The number of amides is 2. The van der Waals surface area contributed by atoms with E-state index in [-0.39, 0.29) is 11.9 Å². The number of likely N-dealkylation sites (tertiary alicyclic amines) is 1. The van der Waals surface area contributed by atoms with Crippen molar-refractivity contribution in [3.8, 4) is 0 Å². The Balaban J connectivity index is 1.42. The van der Waals surface area contributed by atoms with Crippen LogP contribution in [0.3, 0.4) is 0 Å². The zero-order chi connectivity index (χ0) is 17.9. The molecule has 1 saturated heterocycles. The summed E-state index contributed by atoms with van der Waals surface area (Å²) in [5, 5.41) is 12.5. The number of anilines is 1. The summed E-state index contributed by atoms with van der Waals surface area (Å²) in [6.45, 7) is 2.37. The highest BCUT2D eigenvalue weighted by atomic mass is 16.4. The lowest BCUT2D eigenvalue weighted by molar-refractivity contribution is -0.149. The number of fused-ring (bicyclic) bond motifs is 1. The molecule has 1 aromatic rings. The monoisotopic (exact) mass is 345 g/mol. The molecular weight excluding hydrogens is 318 g/mol. The smallest absolute Gasteiger partial charge is 0.317 e. The zero-order valence-electron chi connectivity index (χ0n) is 14.8. The molecular formula is C19H27N3O3. The minimum atomic E-state index is -0.741. The van der Waals surface area contributed by atoms with E-state index in [1.165, 1.54) is 0 Å². The highest BCUT2D eigenvalue weighted by Gasteiger charge is 2.55. The van der Waals surface area contributed by atoms with E-state index in [2.05, 4.69) is 22.3 Å². The molecule has 1 heterocycles. The fourth-order valence-corrected chi connectivity index (χ4v) is 4.23. The Morgan fingerprint density at radius 1 is 1.36 bits per heavy atom.